The van der Waals surface area contributed by atoms with Crippen LogP contribution in [0.3, 0.4) is 0 Å². The van der Waals surface area contributed by atoms with Crippen molar-refractivity contribution in [1.82, 2.24) is 4.98 Å². The van der Waals surface area contributed by atoms with Crippen molar-refractivity contribution in [3.8, 4) is 0 Å². The van der Waals surface area contributed by atoms with Gasteiger partial charge in [-0.25, -0.2) is 4.98 Å². The summed E-state index contributed by atoms with van der Waals surface area (Å²) in [7, 11) is 3.70. The molecule has 0 aliphatic carbocycles. The van der Waals surface area contributed by atoms with Crippen molar-refractivity contribution in [2.45, 2.75) is 6.42 Å². The van der Waals surface area contributed by atoms with Gasteiger partial charge in [-0.3, -0.25) is 0 Å². The van der Waals surface area contributed by atoms with Crippen molar-refractivity contribution in [2.75, 3.05) is 37.9 Å². The Hall–Kier alpha value is -0.810. The molecule has 84 valence electrons. The van der Waals surface area contributed by atoms with Crippen molar-refractivity contribution in [1.29, 1.82) is 0 Å². The quantitative estimate of drug-likeness (QED) is 0.833. The molecule has 5 heteroatoms. The number of hydrogen-bond donors (Lipinski definition) is 1. The molecule has 0 amide bonds. The van der Waals surface area contributed by atoms with E-state index in [-0.39, 0.29) is 0 Å². The van der Waals surface area contributed by atoms with Gasteiger partial charge in [-0.05, 0) is 28.4 Å². The van der Waals surface area contributed by atoms with Gasteiger partial charge in [-0.2, -0.15) is 0 Å². The molecule has 1 heterocycles. The lowest BCUT2D eigenvalue weighted by Gasteiger charge is -2.19. The second kappa shape index (κ2) is 5.92. The molecule has 2 N–H and O–H groups in total. The number of pyridine rings is 1. The van der Waals surface area contributed by atoms with E-state index in [1.54, 1.807) is 13.3 Å². The van der Waals surface area contributed by atoms with E-state index < -0.39 is 0 Å². The van der Waals surface area contributed by atoms with Crippen LogP contribution in [-0.4, -0.2) is 32.3 Å². The van der Waals surface area contributed by atoms with E-state index >= 15 is 0 Å². The minimum absolute atomic E-state index is 0.663. The van der Waals surface area contributed by atoms with Crippen LogP contribution in [0.4, 0.5) is 11.5 Å². The maximum Gasteiger partial charge on any atom is 0.142 e. The highest BCUT2D eigenvalue weighted by Gasteiger charge is 2.06. The number of anilines is 2. The molecular formula is C10H16BrN3O. The maximum absolute atomic E-state index is 5.62. The minimum Gasteiger partial charge on any atom is -0.397 e. The van der Waals surface area contributed by atoms with Gasteiger partial charge in [0.05, 0.1) is 16.4 Å². The molecule has 0 spiro atoms. The number of hydrogen-bond acceptors (Lipinski definition) is 4. The largest absolute Gasteiger partial charge is 0.397 e. The van der Waals surface area contributed by atoms with Gasteiger partial charge in [0, 0.05) is 27.3 Å². The summed E-state index contributed by atoms with van der Waals surface area (Å²) < 4.78 is 5.92. The second-order valence-corrected chi connectivity index (χ2v) is 4.20. The van der Waals surface area contributed by atoms with Crippen LogP contribution in [0.2, 0.25) is 0 Å². The Labute approximate surface area is 98.6 Å². The standard InChI is InChI=1S/C10H16BrN3O/c1-14(4-3-5-15-2)10-9(11)6-8(12)7-13-10/h6-7H,3-5,12H2,1-2H3. The number of nitrogens with two attached hydrogens (primary N) is 1. The predicted octanol–water partition coefficient (Wildman–Crippen LogP) is 1.90. The molecule has 1 rings (SSSR count). The fraction of sp³-hybridized carbons (Fsp3) is 0.500. The van der Waals surface area contributed by atoms with E-state index in [0.29, 0.717) is 5.69 Å². The van der Waals surface area contributed by atoms with Gasteiger partial charge < -0.3 is 15.4 Å². The molecule has 0 aromatic carbocycles. The smallest absolute Gasteiger partial charge is 0.142 e. The number of nitrogens with zero attached hydrogens (tertiary/aromatic N) is 2. The summed E-state index contributed by atoms with van der Waals surface area (Å²) in [6, 6.07) is 1.86. The van der Waals surface area contributed by atoms with Crippen molar-refractivity contribution < 1.29 is 4.74 Å². The fourth-order valence-electron chi connectivity index (χ4n) is 1.28. The molecule has 4 nitrogen and oxygen atoms in total. The van der Waals surface area contributed by atoms with Crippen LogP contribution >= 0.6 is 15.9 Å². The monoisotopic (exact) mass is 273 g/mol. The molecule has 0 fully saturated rings. The average Bonchev–Trinajstić information content (AvgIpc) is 2.17. The van der Waals surface area contributed by atoms with E-state index in [0.717, 1.165) is 29.9 Å². The Morgan fingerprint density at radius 2 is 2.33 bits per heavy atom. The Bertz CT molecular complexity index is 320. The molecule has 0 saturated heterocycles. The molecule has 0 atom stereocenters. The van der Waals surface area contributed by atoms with Crippen LogP contribution in [0.5, 0.6) is 0 Å². The molecule has 0 aliphatic rings. The summed E-state index contributed by atoms with van der Waals surface area (Å²) in [4.78, 5) is 6.34. The van der Waals surface area contributed by atoms with Crippen molar-refractivity contribution in [2.24, 2.45) is 0 Å². The first kappa shape index (κ1) is 12.3. The number of ether oxygens (including phenoxy) is 1. The zero-order valence-electron chi connectivity index (χ0n) is 9.03. The van der Waals surface area contributed by atoms with Crippen LogP contribution in [0.15, 0.2) is 16.7 Å². The maximum atomic E-state index is 5.62. The van der Waals surface area contributed by atoms with E-state index in [2.05, 4.69) is 25.8 Å². The Balaban J connectivity index is 2.61. The zero-order chi connectivity index (χ0) is 11.3. The molecule has 1 aromatic rings. The highest BCUT2D eigenvalue weighted by Crippen LogP contribution is 2.24. The molecule has 0 unspecified atom stereocenters. The van der Waals surface area contributed by atoms with Gasteiger partial charge in [-0.15, -0.1) is 0 Å². The summed E-state index contributed by atoms with van der Waals surface area (Å²) in [5.74, 6) is 0.903. The van der Waals surface area contributed by atoms with Gasteiger partial charge in [-0.1, -0.05) is 0 Å². The third-order valence-electron chi connectivity index (χ3n) is 2.05. The third-order valence-corrected chi connectivity index (χ3v) is 2.63. The molecule has 0 radical (unpaired) electrons. The van der Waals surface area contributed by atoms with Gasteiger partial charge >= 0.3 is 0 Å². The minimum atomic E-state index is 0.663. The van der Waals surface area contributed by atoms with Gasteiger partial charge in [0.15, 0.2) is 0 Å². The first-order chi connectivity index (χ1) is 7.15. The predicted molar refractivity (Wildman–Crippen MR) is 66.1 cm³/mol. The molecule has 15 heavy (non-hydrogen) atoms. The summed E-state index contributed by atoms with van der Waals surface area (Å²) >= 11 is 3.44. The fourth-order valence-corrected chi connectivity index (χ4v) is 1.95. The zero-order valence-corrected chi connectivity index (χ0v) is 10.6. The lowest BCUT2D eigenvalue weighted by atomic mass is 10.3. The number of rotatable bonds is 5. The molecule has 0 bridgehead atoms. The Morgan fingerprint density at radius 3 is 2.93 bits per heavy atom. The highest BCUT2D eigenvalue weighted by molar-refractivity contribution is 9.10. The average molecular weight is 274 g/mol. The van der Waals surface area contributed by atoms with E-state index in [9.17, 15) is 0 Å². The molecule has 1 aromatic heterocycles. The summed E-state index contributed by atoms with van der Waals surface area (Å²) in [5, 5.41) is 0. The third kappa shape index (κ3) is 3.68. The van der Waals surface area contributed by atoms with Gasteiger partial charge in [0.25, 0.3) is 0 Å². The topological polar surface area (TPSA) is 51.4 Å². The highest BCUT2D eigenvalue weighted by atomic mass is 79.9. The van der Waals surface area contributed by atoms with Crippen LogP contribution in [0.1, 0.15) is 6.42 Å². The second-order valence-electron chi connectivity index (χ2n) is 3.34. The number of halogens is 1. The SMILES string of the molecule is COCCCN(C)c1ncc(N)cc1Br. The van der Waals surface area contributed by atoms with Crippen LogP contribution in [0, 0.1) is 0 Å². The summed E-state index contributed by atoms with van der Waals surface area (Å²) in [5.41, 5.74) is 6.28. The lowest BCUT2D eigenvalue weighted by Crippen LogP contribution is -2.21. The first-order valence-corrected chi connectivity index (χ1v) is 5.55. The molecular weight excluding hydrogens is 258 g/mol. The van der Waals surface area contributed by atoms with Crippen LogP contribution in [0.25, 0.3) is 0 Å². The lowest BCUT2D eigenvalue weighted by molar-refractivity contribution is 0.196. The van der Waals surface area contributed by atoms with E-state index in [1.165, 1.54) is 0 Å². The Morgan fingerprint density at radius 1 is 1.60 bits per heavy atom. The number of aromatic nitrogens is 1. The Kier molecular flexibility index (Phi) is 4.84. The van der Waals surface area contributed by atoms with Gasteiger partial charge in [0.1, 0.15) is 5.82 Å². The first-order valence-electron chi connectivity index (χ1n) is 4.76. The van der Waals surface area contributed by atoms with Crippen LogP contribution in [-0.2, 0) is 4.74 Å². The molecule has 0 saturated carbocycles. The van der Waals surface area contributed by atoms with E-state index in [1.807, 2.05) is 13.1 Å². The van der Waals surface area contributed by atoms with E-state index in [4.69, 9.17) is 10.5 Å². The van der Waals surface area contributed by atoms with Crippen molar-refractivity contribution in [3.05, 3.63) is 16.7 Å². The summed E-state index contributed by atoms with van der Waals surface area (Å²) in [6.45, 7) is 1.67. The normalized spacial score (nSPS) is 10.3. The number of nitrogen functional groups attached to an aromatic ring is 1. The number of methoxy groups -OCH3 is 1. The summed E-state index contributed by atoms with van der Waals surface area (Å²) in [6.07, 6.45) is 2.64. The van der Waals surface area contributed by atoms with Gasteiger partial charge in [0.2, 0.25) is 0 Å². The van der Waals surface area contributed by atoms with Crippen molar-refractivity contribution in [3.63, 3.8) is 0 Å². The van der Waals surface area contributed by atoms with Crippen molar-refractivity contribution >= 4 is 27.4 Å². The molecule has 0 aliphatic heterocycles. The van der Waals surface area contributed by atoms with Crippen LogP contribution < -0.4 is 10.6 Å².